The maximum Gasteiger partial charge on any atom is 0.122 e. The summed E-state index contributed by atoms with van der Waals surface area (Å²) in [5.74, 6) is 0.853. The van der Waals surface area contributed by atoms with Crippen LogP contribution >= 0.6 is 0 Å². The highest BCUT2D eigenvalue weighted by molar-refractivity contribution is 5.95. The fourth-order valence-corrected chi connectivity index (χ4v) is 1.77. The van der Waals surface area contributed by atoms with Crippen molar-refractivity contribution < 1.29 is 4.74 Å². The van der Waals surface area contributed by atoms with E-state index in [1.54, 1.807) is 6.07 Å². The van der Waals surface area contributed by atoms with Crippen LogP contribution in [-0.4, -0.2) is 37.0 Å². The molecule has 0 bridgehead atoms. The Morgan fingerprint density at radius 3 is 2.67 bits per heavy atom. The summed E-state index contributed by atoms with van der Waals surface area (Å²) < 4.78 is 5.66. The highest BCUT2D eigenvalue weighted by Crippen LogP contribution is 2.13. The lowest BCUT2D eigenvalue weighted by Crippen LogP contribution is -2.25. The van der Waals surface area contributed by atoms with Crippen molar-refractivity contribution in [3.63, 3.8) is 0 Å². The predicted octanol–water partition coefficient (Wildman–Crippen LogP) is 2.08. The summed E-state index contributed by atoms with van der Waals surface area (Å²) in [7, 11) is 0. The fraction of sp³-hybridized carbons (Fsp3) is 0.500. The first-order valence-electron chi connectivity index (χ1n) is 6.47. The van der Waals surface area contributed by atoms with Gasteiger partial charge in [-0.15, -0.1) is 0 Å². The van der Waals surface area contributed by atoms with E-state index in [4.69, 9.17) is 15.9 Å². The van der Waals surface area contributed by atoms with Gasteiger partial charge in [-0.3, -0.25) is 5.41 Å². The zero-order valence-electron chi connectivity index (χ0n) is 11.3. The van der Waals surface area contributed by atoms with Gasteiger partial charge < -0.3 is 15.4 Å². The summed E-state index contributed by atoms with van der Waals surface area (Å²) in [4.78, 5) is 2.37. The molecule has 0 fully saturated rings. The molecule has 0 radical (unpaired) electrons. The van der Waals surface area contributed by atoms with E-state index in [2.05, 4.69) is 18.7 Å². The van der Waals surface area contributed by atoms with Crippen molar-refractivity contribution in [3.8, 4) is 5.75 Å². The zero-order valence-corrected chi connectivity index (χ0v) is 11.3. The standard InChI is InChI=1S/C14H23N3O/c1-3-17(4-2)9-6-10-18-13-8-5-7-12(11-13)14(15)16/h5,7-8,11H,3-4,6,9-10H2,1-2H3,(H3,15,16). The summed E-state index contributed by atoms with van der Waals surface area (Å²) in [5.41, 5.74) is 6.14. The average molecular weight is 249 g/mol. The Hall–Kier alpha value is -1.55. The molecule has 0 saturated heterocycles. The quantitative estimate of drug-likeness (QED) is 0.421. The van der Waals surface area contributed by atoms with Gasteiger partial charge in [0.15, 0.2) is 0 Å². The van der Waals surface area contributed by atoms with Gasteiger partial charge in [0.1, 0.15) is 11.6 Å². The molecule has 3 N–H and O–H groups in total. The molecule has 1 aromatic carbocycles. The third-order valence-corrected chi connectivity index (χ3v) is 2.93. The Kier molecular flexibility index (Phi) is 6.22. The van der Waals surface area contributed by atoms with Crippen molar-refractivity contribution in [2.45, 2.75) is 20.3 Å². The maximum absolute atomic E-state index is 7.37. The van der Waals surface area contributed by atoms with Gasteiger partial charge in [-0.2, -0.15) is 0 Å². The molecule has 0 aliphatic heterocycles. The fourth-order valence-electron chi connectivity index (χ4n) is 1.77. The molecule has 0 saturated carbocycles. The van der Waals surface area contributed by atoms with Crippen LogP contribution in [0.2, 0.25) is 0 Å². The number of nitrogens with one attached hydrogen (secondary N) is 1. The number of rotatable bonds is 8. The monoisotopic (exact) mass is 249 g/mol. The molecule has 0 aliphatic rings. The smallest absolute Gasteiger partial charge is 0.122 e. The second-order valence-electron chi connectivity index (χ2n) is 4.17. The average Bonchev–Trinajstić information content (AvgIpc) is 2.39. The van der Waals surface area contributed by atoms with E-state index in [1.807, 2.05) is 18.2 Å². The van der Waals surface area contributed by atoms with Crippen LogP contribution in [0, 0.1) is 5.41 Å². The van der Waals surface area contributed by atoms with Crippen LogP contribution in [-0.2, 0) is 0 Å². The van der Waals surface area contributed by atoms with Gasteiger partial charge in [0.05, 0.1) is 6.61 Å². The normalized spacial score (nSPS) is 10.6. The minimum atomic E-state index is 0.0728. The molecule has 4 heteroatoms. The molecule has 1 rings (SSSR count). The number of nitrogens with zero attached hydrogens (tertiary/aromatic N) is 1. The summed E-state index contributed by atoms with van der Waals surface area (Å²) in [6.45, 7) is 8.24. The number of amidine groups is 1. The number of nitrogens with two attached hydrogens (primary N) is 1. The first-order valence-corrected chi connectivity index (χ1v) is 6.47. The van der Waals surface area contributed by atoms with Crippen molar-refractivity contribution in [1.29, 1.82) is 5.41 Å². The van der Waals surface area contributed by atoms with Crippen LogP contribution in [0.25, 0.3) is 0 Å². The molecule has 1 aromatic rings. The van der Waals surface area contributed by atoms with Crippen LogP contribution in [0.1, 0.15) is 25.8 Å². The molecule has 0 aromatic heterocycles. The highest BCUT2D eigenvalue weighted by Gasteiger charge is 2.01. The van der Waals surface area contributed by atoms with Crippen molar-refractivity contribution in [1.82, 2.24) is 4.90 Å². The van der Waals surface area contributed by atoms with E-state index in [0.29, 0.717) is 12.2 Å². The van der Waals surface area contributed by atoms with Crippen LogP contribution in [0.5, 0.6) is 5.75 Å². The number of ether oxygens (including phenoxy) is 1. The van der Waals surface area contributed by atoms with Crippen LogP contribution in [0.3, 0.4) is 0 Å². The lowest BCUT2D eigenvalue weighted by Gasteiger charge is -2.17. The molecule has 100 valence electrons. The minimum Gasteiger partial charge on any atom is -0.494 e. The van der Waals surface area contributed by atoms with Gasteiger partial charge in [0, 0.05) is 12.1 Å². The molecular formula is C14H23N3O. The lowest BCUT2D eigenvalue weighted by molar-refractivity contribution is 0.249. The molecule has 0 heterocycles. The van der Waals surface area contributed by atoms with E-state index in [-0.39, 0.29) is 5.84 Å². The Morgan fingerprint density at radius 1 is 1.33 bits per heavy atom. The largest absolute Gasteiger partial charge is 0.494 e. The van der Waals surface area contributed by atoms with E-state index >= 15 is 0 Å². The zero-order chi connectivity index (χ0) is 13.4. The lowest BCUT2D eigenvalue weighted by atomic mass is 10.2. The van der Waals surface area contributed by atoms with Crippen LogP contribution < -0.4 is 10.5 Å². The summed E-state index contributed by atoms with van der Waals surface area (Å²) in [6.07, 6.45) is 1.01. The van der Waals surface area contributed by atoms with Crippen molar-refractivity contribution in [2.75, 3.05) is 26.2 Å². The van der Waals surface area contributed by atoms with Gasteiger partial charge in [0.25, 0.3) is 0 Å². The van der Waals surface area contributed by atoms with E-state index < -0.39 is 0 Å². The predicted molar refractivity (Wildman–Crippen MR) is 75.4 cm³/mol. The van der Waals surface area contributed by atoms with Gasteiger partial charge in [-0.05, 0) is 31.6 Å². The topological polar surface area (TPSA) is 62.3 Å². The second kappa shape index (κ2) is 7.71. The van der Waals surface area contributed by atoms with Gasteiger partial charge in [0.2, 0.25) is 0 Å². The Labute approximate surface area is 109 Å². The van der Waals surface area contributed by atoms with E-state index in [1.165, 1.54) is 0 Å². The first kappa shape index (κ1) is 14.5. The van der Waals surface area contributed by atoms with E-state index in [0.717, 1.165) is 31.8 Å². The highest BCUT2D eigenvalue weighted by atomic mass is 16.5. The molecule has 4 nitrogen and oxygen atoms in total. The Bertz CT molecular complexity index is 375. The third-order valence-electron chi connectivity index (χ3n) is 2.93. The number of hydrogen-bond donors (Lipinski definition) is 2. The molecule has 0 unspecified atom stereocenters. The maximum atomic E-state index is 7.37. The second-order valence-corrected chi connectivity index (χ2v) is 4.17. The van der Waals surface area contributed by atoms with E-state index in [9.17, 15) is 0 Å². The van der Waals surface area contributed by atoms with Crippen molar-refractivity contribution in [2.24, 2.45) is 5.73 Å². The molecule has 18 heavy (non-hydrogen) atoms. The molecule has 0 spiro atoms. The Balaban J connectivity index is 2.35. The first-order chi connectivity index (χ1) is 8.67. The summed E-state index contributed by atoms with van der Waals surface area (Å²) in [6, 6.07) is 7.37. The number of hydrogen-bond acceptors (Lipinski definition) is 3. The van der Waals surface area contributed by atoms with Gasteiger partial charge in [-0.25, -0.2) is 0 Å². The molecule has 0 amide bonds. The van der Waals surface area contributed by atoms with Crippen LogP contribution in [0.4, 0.5) is 0 Å². The minimum absolute atomic E-state index is 0.0728. The number of nitrogen functional groups attached to an aromatic ring is 1. The van der Waals surface area contributed by atoms with Gasteiger partial charge in [-0.1, -0.05) is 26.0 Å². The Morgan fingerprint density at radius 2 is 2.06 bits per heavy atom. The van der Waals surface area contributed by atoms with Crippen molar-refractivity contribution >= 4 is 5.84 Å². The third kappa shape index (κ3) is 4.75. The van der Waals surface area contributed by atoms with Gasteiger partial charge >= 0.3 is 0 Å². The number of benzene rings is 1. The SMILES string of the molecule is CCN(CC)CCCOc1cccc(C(=N)N)c1. The molecule has 0 aliphatic carbocycles. The molecular weight excluding hydrogens is 226 g/mol. The van der Waals surface area contributed by atoms with Crippen LogP contribution in [0.15, 0.2) is 24.3 Å². The molecule has 0 atom stereocenters. The van der Waals surface area contributed by atoms with Crippen molar-refractivity contribution in [3.05, 3.63) is 29.8 Å². The summed E-state index contributed by atoms with van der Waals surface area (Å²) in [5, 5.41) is 7.37. The summed E-state index contributed by atoms with van der Waals surface area (Å²) >= 11 is 0.